The van der Waals surface area contributed by atoms with Crippen molar-refractivity contribution in [3.63, 3.8) is 0 Å². The first-order valence-corrected chi connectivity index (χ1v) is 8.58. The van der Waals surface area contributed by atoms with Crippen molar-refractivity contribution >= 4 is 10.0 Å². The van der Waals surface area contributed by atoms with Crippen LogP contribution in [0.15, 0.2) is 17.3 Å². The molecule has 116 valence electrons. The van der Waals surface area contributed by atoms with Gasteiger partial charge in [0, 0.05) is 25.8 Å². The Morgan fingerprint density at radius 2 is 2.15 bits per heavy atom. The first-order valence-electron chi connectivity index (χ1n) is 7.14. The Labute approximate surface area is 122 Å². The normalized spacial score (nSPS) is 13.8. The minimum absolute atomic E-state index is 0.0166. The smallest absolute Gasteiger partial charge is 0.246 e. The molecule has 6 nitrogen and oxygen atoms in total. The summed E-state index contributed by atoms with van der Waals surface area (Å²) in [6, 6.07) is -0.0166. The van der Waals surface area contributed by atoms with Gasteiger partial charge in [0.15, 0.2) is 0 Å². The highest BCUT2D eigenvalue weighted by Crippen LogP contribution is 2.17. The molecule has 1 N–H and O–H groups in total. The molecule has 1 rings (SSSR count). The number of hydrogen-bond donors (Lipinski definition) is 1. The van der Waals surface area contributed by atoms with Crippen LogP contribution >= 0.6 is 0 Å². The predicted molar refractivity (Wildman–Crippen MR) is 80.1 cm³/mol. The molecule has 0 radical (unpaired) electrons. The summed E-state index contributed by atoms with van der Waals surface area (Å²) >= 11 is 0. The van der Waals surface area contributed by atoms with Crippen LogP contribution in [-0.4, -0.2) is 48.7 Å². The second-order valence-electron chi connectivity index (χ2n) is 4.92. The van der Waals surface area contributed by atoms with Crippen LogP contribution in [-0.2, 0) is 16.6 Å². The van der Waals surface area contributed by atoms with E-state index in [1.54, 1.807) is 17.9 Å². The first kappa shape index (κ1) is 17.1. The van der Waals surface area contributed by atoms with Gasteiger partial charge >= 0.3 is 0 Å². The number of hydrogen-bond acceptors (Lipinski definition) is 4. The van der Waals surface area contributed by atoms with E-state index >= 15 is 0 Å². The number of nitrogens with one attached hydrogen (secondary N) is 1. The van der Waals surface area contributed by atoms with Gasteiger partial charge in [-0.3, -0.25) is 4.68 Å². The summed E-state index contributed by atoms with van der Waals surface area (Å²) in [6.07, 6.45) is 4.75. The van der Waals surface area contributed by atoms with Gasteiger partial charge in [-0.25, -0.2) is 8.42 Å². The van der Waals surface area contributed by atoms with Crippen LogP contribution in [0.25, 0.3) is 0 Å². The maximum atomic E-state index is 12.4. The maximum absolute atomic E-state index is 12.4. The highest BCUT2D eigenvalue weighted by molar-refractivity contribution is 7.89. The van der Waals surface area contributed by atoms with Crippen molar-refractivity contribution in [3.05, 3.63) is 12.4 Å². The zero-order valence-electron chi connectivity index (χ0n) is 12.8. The van der Waals surface area contributed by atoms with Crippen molar-refractivity contribution in [3.8, 4) is 0 Å². The minimum Gasteiger partial charge on any atom is -0.317 e. The second-order valence-corrected chi connectivity index (χ2v) is 6.92. The average molecular weight is 302 g/mol. The lowest BCUT2D eigenvalue weighted by atomic mass is 10.3. The lowest BCUT2D eigenvalue weighted by Crippen LogP contribution is -2.34. The molecule has 0 aromatic carbocycles. The Bertz CT molecular complexity index is 498. The van der Waals surface area contributed by atoms with Crippen molar-refractivity contribution in [2.45, 2.75) is 51.1 Å². The summed E-state index contributed by atoms with van der Waals surface area (Å²) in [6.45, 7) is 8.50. The van der Waals surface area contributed by atoms with E-state index in [0.29, 0.717) is 0 Å². The van der Waals surface area contributed by atoms with Crippen molar-refractivity contribution in [1.82, 2.24) is 19.4 Å². The summed E-state index contributed by atoms with van der Waals surface area (Å²) in [5.41, 5.74) is 0. The minimum atomic E-state index is -3.43. The van der Waals surface area contributed by atoms with Gasteiger partial charge in [-0.2, -0.15) is 9.40 Å². The van der Waals surface area contributed by atoms with E-state index in [4.69, 9.17) is 0 Å². The van der Waals surface area contributed by atoms with Crippen LogP contribution < -0.4 is 5.32 Å². The van der Waals surface area contributed by atoms with Gasteiger partial charge in [-0.15, -0.1) is 0 Å². The van der Waals surface area contributed by atoms with Gasteiger partial charge in [0.05, 0.1) is 6.20 Å². The molecular weight excluding hydrogens is 276 g/mol. The van der Waals surface area contributed by atoms with E-state index in [-0.39, 0.29) is 10.9 Å². The van der Waals surface area contributed by atoms with Crippen LogP contribution in [0.4, 0.5) is 0 Å². The quantitative estimate of drug-likeness (QED) is 0.698. The standard InChI is InChI=1S/C13H26N4O2S/c1-5-12(3)16(4)20(18,19)13-10-15-17(11-13)9-7-8-14-6-2/h10-12,14H,5-9H2,1-4H3. The molecule has 0 saturated carbocycles. The van der Waals surface area contributed by atoms with E-state index < -0.39 is 10.0 Å². The van der Waals surface area contributed by atoms with E-state index in [1.807, 2.05) is 13.8 Å². The number of rotatable bonds is 9. The molecular formula is C13H26N4O2S. The topological polar surface area (TPSA) is 67.2 Å². The van der Waals surface area contributed by atoms with Gasteiger partial charge in [0.25, 0.3) is 0 Å². The number of nitrogens with zero attached hydrogens (tertiary/aromatic N) is 3. The Morgan fingerprint density at radius 3 is 2.75 bits per heavy atom. The second kappa shape index (κ2) is 7.75. The number of sulfonamides is 1. The molecule has 0 saturated heterocycles. The maximum Gasteiger partial charge on any atom is 0.246 e. The van der Waals surface area contributed by atoms with Crippen molar-refractivity contribution < 1.29 is 8.42 Å². The number of aryl methyl sites for hydroxylation is 1. The molecule has 7 heteroatoms. The fraction of sp³-hybridized carbons (Fsp3) is 0.769. The summed E-state index contributed by atoms with van der Waals surface area (Å²) in [7, 11) is -1.81. The van der Waals surface area contributed by atoms with Gasteiger partial charge in [-0.1, -0.05) is 13.8 Å². The van der Waals surface area contributed by atoms with Gasteiger partial charge < -0.3 is 5.32 Å². The molecule has 0 aliphatic heterocycles. The lowest BCUT2D eigenvalue weighted by molar-refractivity contribution is 0.380. The predicted octanol–water partition coefficient (Wildman–Crippen LogP) is 1.30. The Morgan fingerprint density at radius 1 is 1.45 bits per heavy atom. The van der Waals surface area contributed by atoms with Crippen LogP contribution in [0.5, 0.6) is 0 Å². The highest BCUT2D eigenvalue weighted by atomic mass is 32.2. The third-order valence-electron chi connectivity index (χ3n) is 3.49. The third-order valence-corrected chi connectivity index (χ3v) is 5.41. The average Bonchev–Trinajstić information content (AvgIpc) is 2.91. The van der Waals surface area contributed by atoms with Crippen LogP contribution in [0.2, 0.25) is 0 Å². The first-order chi connectivity index (χ1) is 9.43. The molecule has 1 atom stereocenters. The Hall–Kier alpha value is -0.920. The molecule has 1 heterocycles. The molecule has 0 aliphatic rings. The molecule has 0 fully saturated rings. The summed E-state index contributed by atoms with van der Waals surface area (Å²) in [5.74, 6) is 0. The van der Waals surface area contributed by atoms with E-state index in [0.717, 1.165) is 32.5 Å². The fourth-order valence-corrected chi connectivity index (χ4v) is 3.19. The molecule has 0 aliphatic carbocycles. The Balaban J connectivity index is 2.70. The van der Waals surface area contributed by atoms with Crippen molar-refractivity contribution in [2.24, 2.45) is 0 Å². The van der Waals surface area contributed by atoms with Crippen molar-refractivity contribution in [2.75, 3.05) is 20.1 Å². The Kier molecular flexibility index (Phi) is 6.64. The van der Waals surface area contributed by atoms with Crippen molar-refractivity contribution in [1.29, 1.82) is 0 Å². The zero-order chi connectivity index (χ0) is 15.2. The molecule has 0 spiro atoms. The summed E-state index contributed by atoms with van der Waals surface area (Å²) in [5, 5.41) is 7.36. The molecule has 1 unspecified atom stereocenters. The number of aromatic nitrogens is 2. The molecule has 0 bridgehead atoms. The lowest BCUT2D eigenvalue weighted by Gasteiger charge is -2.22. The van der Waals surface area contributed by atoms with Crippen LogP contribution in [0, 0.1) is 0 Å². The van der Waals surface area contributed by atoms with E-state index in [1.165, 1.54) is 10.5 Å². The largest absolute Gasteiger partial charge is 0.317 e. The van der Waals surface area contributed by atoms with E-state index in [9.17, 15) is 8.42 Å². The molecule has 1 aromatic rings. The van der Waals surface area contributed by atoms with Gasteiger partial charge in [-0.05, 0) is 32.9 Å². The summed E-state index contributed by atoms with van der Waals surface area (Å²) in [4.78, 5) is 0.267. The molecule has 1 aromatic heterocycles. The van der Waals surface area contributed by atoms with Gasteiger partial charge in [0.2, 0.25) is 10.0 Å². The fourth-order valence-electron chi connectivity index (χ4n) is 1.80. The van der Waals surface area contributed by atoms with Crippen LogP contribution in [0.1, 0.15) is 33.6 Å². The van der Waals surface area contributed by atoms with E-state index in [2.05, 4.69) is 17.3 Å². The SMILES string of the molecule is CCNCCCn1cc(S(=O)(=O)N(C)C(C)CC)cn1. The van der Waals surface area contributed by atoms with Crippen LogP contribution in [0.3, 0.4) is 0 Å². The summed E-state index contributed by atoms with van der Waals surface area (Å²) < 4.78 is 27.9. The molecule has 20 heavy (non-hydrogen) atoms. The highest BCUT2D eigenvalue weighted by Gasteiger charge is 2.25. The molecule has 0 amide bonds. The monoisotopic (exact) mass is 302 g/mol. The zero-order valence-corrected chi connectivity index (χ0v) is 13.7. The van der Waals surface area contributed by atoms with Gasteiger partial charge in [0.1, 0.15) is 4.90 Å². The third kappa shape index (κ3) is 4.29.